The van der Waals surface area contributed by atoms with Crippen molar-refractivity contribution in [1.82, 2.24) is 14.9 Å². The van der Waals surface area contributed by atoms with Crippen molar-refractivity contribution in [3.05, 3.63) is 28.7 Å². The Bertz CT molecular complexity index is 935. The summed E-state index contributed by atoms with van der Waals surface area (Å²) >= 11 is 3.37. The van der Waals surface area contributed by atoms with E-state index in [-0.39, 0.29) is 6.29 Å². The van der Waals surface area contributed by atoms with E-state index in [2.05, 4.69) is 33.3 Å². The first-order chi connectivity index (χ1) is 14.4. The number of morpholine rings is 1. The molecule has 5 rings (SSSR count). The van der Waals surface area contributed by atoms with Crippen molar-refractivity contribution in [3.8, 4) is 10.4 Å². The third kappa shape index (κ3) is 4.45. The normalized spacial score (nSPS) is 20.9. The Morgan fingerprint density at radius 2 is 2.10 bits per heavy atom. The minimum absolute atomic E-state index is 0.236. The quantitative estimate of drug-likeness (QED) is 0.588. The smallest absolute Gasteiger partial charge is 0.183 e. The fourth-order valence-electron chi connectivity index (χ4n) is 3.63. The van der Waals surface area contributed by atoms with Crippen LogP contribution in [0.15, 0.2) is 22.9 Å². The molecule has 3 aromatic heterocycles. The Morgan fingerprint density at radius 1 is 1.17 bits per heavy atom. The van der Waals surface area contributed by atoms with Gasteiger partial charge in [0.25, 0.3) is 0 Å². The van der Waals surface area contributed by atoms with E-state index in [9.17, 15) is 0 Å². The fraction of sp³-hybridized carbons (Fsp3) is 0.500. The molecule has 3 aromatic rings. The number of nitrogens with zero attached hydrogens (tertiary/aromatic N) is 3. The van der Waals surface area contributed by atoms with Gasteiger partial charge in [0.15, 0.2) is 12.1 Å². The maximum absolute atomic E-state index is 5.88. The molecule has 1 atom stereocenters. The summed E-state index contributed by atoms with van der Waals surface area (Å²) in [6.45, 7) is 4.78. The molecule has 0 unspecified atom stereocenters. The van der Waals surface area contributed by atoms with E-state index in [1.54, 1.807) is 22.7 Å². The molecule has 0 amide bonds. The molecule has 154 valence electrons. The van der Waals surface area contributed by atoms with Crippen LogP contribution in [0.2, 0.25) is 0 Å². The number of aromatic nitrogens is 2. The zero-order chi connectivity index (χ0) is 19.5. The lowest BCUT2D eigenvalue weighted by molar-refractivity contribution is -0.145. The van der Waals surface area contributed by atoms with Gasteiger partial charge in [-0.25, -0.2) is 20.3 Å². The van der Waals surface area contributed by atoms with Crippen LogP contribution in [-0.4, -0.2) is 54.1 Å². The zero-order valence-electron chi connectivity index (χ0n) is 16.1. The van der Waals surface area contributed by atoms with Crippen LogP contribution in [0.4, 0.5) is 5.82 Å². The SMILES string of the molecule is c1csc(-c2csc3nc(CN4CCOCC4)nc(NO[C@H]4CCCCO4)c23)c1. The van der Waals surface area contributed by atoms with Gasteiger partial charge in [0.1, 0.15) is 10.7 Å². The average Bonchev–Trinajstić information content (AvgIpc) is 3.43. The van der Waals surface area contributed by atoms with Gasteiger partial charge >= 0.3 is 0 Å². The van der Waals surface area contributed by atoms with Crippen molar-refractivity contribution in [2.75, 3.05) is 38.4 Å². The predicted molar refractivity (Wildman–Crippen MR) is 115 cm³/mol. The highest BCUT2D eigenvalue weighted by Gasteiger charge is 2.20. The molecule has 1 N–H and O–H groups in total. The number of anilines is 1. The third-order valence-electron chi connectivity index (χ3n) is 5.16. The van der Waals surface area contributed by atoms with Crippen LogP contribution in [0.25, 0.3) is 20.7 Å². The summed E-state index contributed by atoms with van der Waals surface area (Å²) < 4.78 is 11.2. The number of thiophene rings is 2. The number of fused-ring (bicyclic) bond motifs is 1. The standard InChI is InChI=1S/C20H24N4O3S2/c1-2-8-26-17(5-1)27-23-19-18-14(15-4-3-11-28-15)13-29-20(18)22-16(21-19)12-24-6-9-25-10-7-24/h3-4,11,13,17H,1-2,5-10,12H2,(H,21,22,23)/t17-/m0/s1. The van der Waals surface area contributed by atoms with Gasteiger partial charge in [0.2, 0.25) is 0 Å². The van der Waals surface area contributed by atoms with E-state index in [0.29, 0.717) is 6.54 Å². The molecule has 2 fully saturated rings. The summed E-state index contributed by atoms with van der Waals surface area (Å²) in [6, 6.07) is 4.19. The van der Waals surface area contributed by atoms with Crippen LogP contribution in [0.3, 0.4) is 0 Å². The highest BCUT2D eigenvalue weighted by molar-refractivity contribution is 7.18. The topological polar surface area (TPSA) is 68.7 Å². The highest BCUT2D eigenvalue weighted by Crippen LogP contribution is 2.39. The number of hydrogen-bond donors (Lipinski definition) is 1. The second kappa shape index (κ2) is 9.03. The molecule has 29 heavy (non-hydrogen) atoms. The van der Waals surface area contributed by atoms with Crippen LogP contribution in [-0.2, 0) is 20.9 Å². The number of hydrogen-bond acceptors (Lipinski definition) is 9. The maximum Gasteiger partial charge on any atom is 0.183 e. The fourth-order valence-corrected chi connectivity index (χ4v) is 5.41. The van der Waals surface area contributed by atoms with E-state index >= 15 is 0 Å². The Balaban J connectivity index is 1.46. The van der Waals surface area contributed by atoms with E-state index in [1.807, 2.05) is 0 Å². The largest absolute Gasteiger partial charge is 0.379 e. The number of rotatable bonds is 6. The monoisotopic (exact) mass is 432 g/mol. The minimum atomic E-state index is -0.236. The summed E-state index contributed by atoms with van der Waals surface area (Å²) in [4.78, 5) is 20.1. The minimum Gasteiger partial charge on any atom is -0.379 e. The molecule has 0 radical (unpaired) electrons. The number of nitrogens with one attached hydrogen (secondary N) is 1. The van der Waals surface area contributed by atoms with Gasteiger partial charge in [-0.2, -0.15) is 0 Å². The molecule has 9 heteroatoms. The van der Waals surface area contributed by atoms with Gasteiger partial charge in [-0.15, -0.1) is 22.7 Å². The molecule has 0 aliphatic carbocycles. The van der Waals surface area contributed by atoms with Crippen molar-refractivity contribution < 1.29 is 14.3 Å². The second-order valence-corrected chi connectivity index (χ2v) is 9.01. The summed E-state index contributed by atoms with van der Waals surface area (Å²) in [6.07, 6.45) is 2.87. The Labute approximate surface area is 177 Å². The molecule has 2 aliphatic rings. The lowest BCUT2D eigenvalue weighted by Gasteiger charge is -2.26. The van der Waals surface area contributed by atoms with Crippen molar-refractivity contribution in [1.29, 1.82) is 0 Å². The molecule has 0 bridgehead atoms. The Hall–Kier alpha value is -1.62. The molecule has 2 aliphatic heterocycles. The van der Waals surface area contributed by atoms with Crippen molar-refractivity contribution in [2.24, 2.45) is 0 Å². The van der Waals surface area contributed by atoms with Gasteiger partial charge in [-0.1, -0.05) is 6.07 Å². The van der Waals surface area contributed by atoms with E-state index < -0.39 is 0 Å². The third-order valence-corrected chi connectivity index (χ3v) is 6.94. The zero-order valence-corrected chi connectivity index (χ0v) is 17.8. The van der Waals surface area contributed by atoms with Gasteiger partial charge in [0, 0.05) is 41.9 Å². The molecule has 0 saturated carbocycles. The van der Waals surface area contributed by atoms with Gasteiger partial charge in [0.05, 0.1) is 25.1 Å². The second-order valence-electron chi connectivity index (χ2n) is 7.20. The van der Waals surface area contributed by atoms with Crippen molar-refractivity contribution in [2.45, 2.75) is 32.1 Å². The lowest BCUT2D eigenvalue weighted by Crippen LogP contribution is -2.36. The average molecular weight is 433 g/mol. The molecular formula is C20H24N4O3S2. The molecule has 0 aromatic carbocycles. The highest BCUT2D eigenvalue weighted by atomic mass is 32.1. The Kier molecular flexibility index (Phi) is 6.03. The van der Waals surface area contributed by atoms with Crippen LogP contribution >= 0.6 is 22.7 Å². The summed E-state index contributed by atoms with van der Waals surface area (Å²) in [5.41, 5.74) is 4.26. The summed E-state index contributed by atoms with van der Waals surface area (Å²) in [5.74, 6) is 1.52. The van der Waals surface area contributed by atoms with Crippen LogP contribution in [0.5, 0.6) is 0 Å². The number of ether oxygens (including phenoxy) is 2. The lowest BCUT2D eigenvalue weighted by atomic mass is 10.2. The van der Waals surface area contributed by atoms with E-state index in [1.165, 1.54) is 4.88 Å². The van der Waals surface area contributed by atoms with Crippen LogP contribution in [0, 0.1) is 0 Å². The van der Waals surface area contributed by atoms with Crippen LogP contribution < -0.4 is 5.48 Å². The first-order valence-electron chi connectivity index (χ1n) is 10.0. The molecule has 7 nitrogen and oxygen atoms in total. The van der Waals surface area contributed by atoms with E-state index in [0.717, 1.165) is 79.6 Å². The summed E-state index contributed by atoms with van der Waals surface area (Å²) in [5, 5.41) is 5.26. The van der Waals surface area contributed by atoms with Crippen LogP contribution in [0.1, 0.15) is 25.1 Å². The molecule has 2 saturated heterocycles. The summed E-state index contributed by atoms with van der Waals surface area (Å²) in [7, 11) is 0. The van der Waals surface area contributed by atoms with Gasteiger partial charge in [-0.3, -0.25) is 4.90 Å². The van der Waals surface area contributed by atoms with Gasteiger partial charge in [-0.05, 0) is 24.3 Å². The van der Waals surface area contributed by atoms with Crippen molar-refractivity contribution in [3.63, 3.8) is 0 Å². The van der Waals surface area contributed by atoms with Crippen molar-refractivity contribution >= 4 is 38.7 Å². The van der Waals surface area contributed by atoms with Gasteiger partial charge < -0.3 is 9.47 Å². The Morgan fingerprint density at radius 3 is 2.90 bits per heavy atom. The van der Waals surface area contributed by atoms with E-state index in [4.69, 9.17) is 24.3 Å². The predicted octanol–water partition coefficient (Wildman–Crippen LogP) is 4.12. The molecule has 5 heterocycles. The first kappa shape index (κ1) is 19.3. The first-order valence-corrected chi connectivity index (χ1v) is 11.8. The molecule has 0 spiro atoms. The molecular weight excluding hydrogens is 408 g/mol. The maximum atomic E-state index is 5.88.